The van der Waals surface area contributed by atoms with E-state index in [2.05, 4.69) is 0 Å². The van der Waals surface area contributed by atoms with Crippen molar-refractivity contribution < 1.29 is 19.1 Å². The average molecular weight is 440 g/mol. The molecule has 0 unspecified atom stereocenters. The number of benzene rings is 3. The van der Waals surface area contributed by atoms with Crippen molar-refractivity contribution >= 4 is 29.5 Å². The molecule has 0 atom stereocenters. The molecule has 166 valence electrons. The van der Waals surface area contributed by atoms with Gasteiger partial charge in [0.2, 0.25) is 0 Å². The summed E-state index contributed by atoms with van der Waals surface area (Å²) in [5.74, 6) is 0.661. The van der Waals surface area contributed by atoms with Crippen molar-refractivity contribution in [3.63, 3.8) is 0 Å². The van der Waals surface area contributed by atoms with Gasteiger partial charge in [-0.2, -0.15) is 0 Å². The number of ether oxygens (including phenoxy) is 2. The molecule has 3 aromatic rings. The molecule has 6 nitrogen and oxygen atoms in total. The number of nitrogens with zero attached hydrogens (tertiary/aromatic N) is 2. The summed E-state index contributed by atoms with van der Waals surface area (Å²) >= 11 is 0. The molecule has 0 fully saturated rings. The van der Waals surface area contributed by atoms with Gasteiger partial charge < -0.3 is 9.47 Å². The van der Waals surface area contributed by atoms with Gasteiger partial charge in [0.15, 0.2) is 0 Å². The van der Waals surface area contributed by atoms with Gasteiger partial charge >= 0.3 is 5.97 Å². The Morgan fingerprint density at radius 2 is 1.76 bits per heavy atom. The van der Waals surface area contributed by atoms with E-state index in [9.17, 15) is 9.59 Å². The van der Waals surface area contributed by atoms with E-state index >= 15 is 0 Å². The zero-order valence-electron chi connectivity index (χ0n) is 18.7. The standard InChI is InChI=1S/C27H24N2O4/c1-4-33-23-14-12-22(13-15-23)29-25(21-7-5-6-18(2)16-21)28-24(26(29)30)17-19-8-10-20(11-9-19)27(31)32-3/h5-17H,4H2,1-3H3/b24-17+. The molecule has 0 saturated heterocycles. The fraction of sp³-hybridized carbons (Fsp3) is 0.148. The molecule has 0 aromatic heterocycles. The van der Waals surface area contributed by atoms with Gasteiger partial charge in [-0.15, -0.1) is 0 Å². The fourth-order valence-corrected chi connectivity index (χ4v) is 3.58. The number of aryl methyl sites for hydroxylation is 1. The SMILES string of the molecule is CCOc1ccc(N2C(=O)/C(=C\c3ccc(C(=O)OC)cc3)N=C2c2cccc(C)c2)cc1. The number of hydrogen-bond donors (Lipinski definition) is 0. The smallest absolute Gasteiger partial charge is 0.337 e. The van der Waals surface area contributed by atoms with Crippen LogP contribution in [0, 0.1) is 6.92 Å². The lowest BCUT2D eigenvalue weighted by Crippen LogP contribution is -2.32. The van der Waals surface area contributed by atoms with Crippen molar-refractivity contribution in [2.75, 3.05) is 18.6 Å². The second-order valence-electron chi connectivity index (χ2n) is 7.52. The summed E-state index contributed by atoms with van der Waals surface area (Å²) in [4.78, 5) is 31.4. The Bertz CT molecular complexity index is 1240. The first kappa shape index (κ1) is 22.0. The van der Waals surface area contributed by atoms with E-state index in [4.69, 9.17) is 14.5 Å². The highest BCUT2D eigenvalue weighted by Crippen LogP contribution is 2.29. The summed E-state index contributed by atoms with van der Waals surface area (Å²) in [5, 5.41) is 0. The molecular weight excluding hydrogens is 416 g/mol. The molecule has 1 aliphatic rings. The Balaban J connectivity index is 1.74. The third-order valence-electron chi connectivity index (χ3n) is 5.18. The van der Waals surface area contributed by atoms with E-state index in [-0.39, 0.29) is 5.91 Å². The molecular formula is C27H24N2O4. The van der Waals surface area contributed by atoms with E-state index < -0.39 is 5.97 Å². The number of anilines is 1. The predicted molar refractivity (Wildman–Crippen MR) is 129 cm³/mol. The summed E-state index contributed by atoms with van der Waals surface area (Å²) in [6.45, 7) is 4.50. The number of aliphatic imine (C=N–C) groups is 1. The Morgan fingerprint density at radius 1 is 1.03 bits per heavy atom. The van der Waals surface area contributed by atoms with Crippen LogP contribution in [0.5, 0.6) is 5.75 Å². The van der Waals surface area contributed by atoms with Crippen LogP contribution in [0.15, 0.2) is 83.5 Å². The van der Waals surface area contributed by atoms with Crippen LogP contribution in [0.1, 0.15) is 34.0 Å². The van der Waals surface area contributed by atoms with Crippen molar-refractivity contribution in [2.45, 2.75) is 13.8 Å². The van der Waals surface area contributed by atoms with Crippen LogP contribution in [0.3, 0.4) is 0 Å². The van der Waals surface area contributed by atoms with Crippen molar-refractivity contribution in [1.29, 1.82) is 0 Å². The number of rotatable bonds is 6. The summed E-state index contributed by atoms with van der Waals surface area (Å²) in [6.07, 6.45) is 1.72. The van der Waals surface area contributed by atoms with E-state index in [1.165, 1.54) is 7.11 Å². The third-order valence-corrected chi connectivity index (χ3v) is 5.18. The van der Waals surface area contributed by atoms with Crippen LogP contribution in [0.2, 0.25) is 0 Å². The van der Waals surface area contributed by atoms with Crippen LogP contribution in [-0.2, 0) is 9.53 Å². The van der Waals surface area contributed by atoms with Gasteiger partial charge in [-0.25, -0.2) is 9.79 Å². The van der Waals surface area contributed by atoms with Gasteiger partial charge in [0.1, 0.15) is 17.3 Å². The monoisotopic (exact) mass is 440 g/mol. The molecule has 33 heavy (non-hydrogen) atoms. The third kappa shape index (κ3) is 4.70. The lowest BCUT2D eigenvalue weighted by Gasteiger charge is -2.19. The first-order valence-corrected chi connectivity index (χ1v) is 10.6. The maximum absolute atomic E-state index is 13.4. The van der Waals surface area contributed by atoms with E-state index in [0.29, 0.717) is 29.4 Å². The van der Waals surface area contributed by atoms with E-state index in [1.54, 1.807) is 35.2 Å². The highest BCUT2D eigenvalue weighted by atomic mass is 16.5. The normalized spacial score (nSPS) is 14.4. The van der Waals surface area contributed by atoms with Crippen LogP contribution in [-0.4, -0.2) is 31.4 Å². The minimum Gasteiger partial charge on any atom is -0.494 e. The number of amidine groups is 1. The Kier molecular flexibility index (Phi) is 6.36. The Labute approximate surface area is 192 Å². The molecule has 1 aliphatic heterocycles. The van der Waals surface area contributed by atoms with Crippen molar-refractivity contribution in [3.05, 3.63) is 101 Å². The highest BCUT2D eigenvalue weighted by Gasteiger charge is 2.32. The molecule has 0 spiro atoms. The van der Waals surface area contributed by atoms with Crippen molar-refractivity contribution in [3.8, 4) is 5.75 Å². The molecule has 0 aliphatic carbocycles. The van der Waals surface area contributed by atoms with Crippen molar-refractivity contribution in [1.82, 2.24) is 0 Å². The van der Waals surface area contributed by atoms with Crippen molar-refractivity contribution in [2.24, 2.45) is 4.99 Å². The molecule has 0 bridgehead atoms. The fourth-order valence-electron chi connectivity index (χ4n) is 3.58. The summed E-state index contributed by atoms with van der Waals surface area (Å²) in [5.41, 5.74) is 4.13. The minimum atomic E-state index is -0.410. The second-order valence-corrected chi connectivity index (χ2v) is 7.52. The number of carbonyl (C=O) groups is 2. The molecule has 0 radical (unpaired) electrons. The molecule has 4 rings (SSSR count). The topological polar surface area (TPSA) is 68.2 Å². The molecule has 1 amide bonds. The summed E-state index contributed by atoms with van der Waals surface area (Å²) < 4.78 is 10.3. The Hall–Kier alpha value is -4.19. The molecule has 3 aromatic carbocycles. The number of hydrogen-bond acceptors (Lipinski definition) is 5. The zero-order valence-corrected chi connectivity index (χ0v) is 18.7. The lowest BCUT2D eigenvalue weighted by atomic mass is 10.1. The maximum Gasteiger partial charge on any atom is 0.337 e. The Morgan fingerprint density at radius 3 is 2.39 bits per heavy atom. The quantitative estimate of drug-likeness (QED) is 0.399. The first-order valence-electron chi connectivity index (χ1n) is 10.6. The molecule has 0 N–H and O–H groups in total. The van der Waals surface area contributed by atoms with Gasteiger partial charge in [0, 0.05) is 5.56 Å². The van der Waals surface area contributed by atoms with Crippen LogP contribution in [0.25, 0.3) is 6.08 Å². The van der Waals surface area contributed by atoms with Crippen LogP contribution < -0.4 is 9.64 Å². The highest BCUT2D eigenvalue weighted by molar-refractivity contribution is 6.33. The maximum atomic E-state index is 13.4. The van der Waals surface area contributed by atoms with Gasteiger partial charge in [-0.05, 0) is 68.0 Å². The number of methoxy groups -OCH3 is 1. The van der Waals surface area contributed by atoms with Crippen LogP contribution >= 0.6 is 0 Å². The van der Waals surface area contributed by atoms with Crippen LogP contribution in [0.4, 0.5) is 5.69 Å². The molecule has 6 heteroatoms. The number of esters is 1. The summed E-state index contributed by atoms with van der Waals surface area (Å²) in [6, 6.07) is 22.1. The molecule has 0 saturated carbocycles. The largest absolute Gasteiger partial charge is 0.494 e. The predicted octanol–water partition coefficient (Wildman–Crippen LogP) is 5.01. The number of amides is 1. The van der Waals surface area contributed by atoms with Gasteiger partial charge in [0.25, 0.3) is 5.91 Å². The van der Waals surface area contributed by atoms with Gasteiger partial charge in [0.05, 0.1) is 25.0 Å². The number of carbonyl (C=O) groups excluding carboxylic acids is 2. The minimum absolute atomic E-state index is 0.229. The average Bonchev–Trinajstić information content (AvgIpc) is 3.15. The summed E-state index contributed by atoms with van der Waals surface area (Å²) in [7, 11) is 1.34. The van der Waals surface area contributed by atoms with E-state index in [1.807, 2.05) is 62.4 Å². The van der Waals surface area contributed by atoms with E-state index in [0.717, 1.165) is 22.4 Å². The lowest BCUT2D eigenvalue weighted by molar-refractivity contribution is -0.113. The first-order chi connectivity index (χ1) is 16.0. The molecule has 1 heterocycles. The van der Waals surface area contributed by atoms with Gasteiger partial charge in [-0.1, -0.05) is 35.9 Å². The zero-order chi connectivity index (χ0) is 23.4. The van der Waals surface area contributed by atoms with Gasteiger partial charge in [-0.3, -0.25) is 9.69 Å². The second kappa shape index (κ2) is 9.53.